The van der Waals surface area contributed by atoms with Gasteiger partial charge in [0.1, 0.15) is 5.75 Å². The summed E-state index contributed by atoms with van der Waals surface area (Å²) in [5, 5.41) is 9.21. The Hall–Kier alpha value is -1.71. The second kappa shape index (κ2) is 4.28. The summed E-state index contributed by atoms with van der Waals surface area (Å²) < 4.78 is 5.30. The third kappa shape index (κ3) is 2.07. The Bertz CT molecular complexity index is 432. The Morgan fingerprint density at radius 2 is 2.18 bits per heavy atom. The molecule has 4 heteroatoms. The summed E-state index contributed by atoms with van der Waals surface area (Å²) in [7, 11) is 1.63. The topological polar surface area (TPSA) is 49.8 Å². The van der Waals surface area contributed by atoms with E-state index in [2.05, 4.69) is 4.90 Å². The maximum Gasteiger partial charge on any atom is 0.311 e. The monoisotopic (exact) mass is 235 g/mol. The van der Waals surface area contributed by atoms with E-state index in [1.807, 2.05) is 24.3 Å². The summed E-state index contributed by atoms with van der Waals surface area (Å²) in [5.74, 6) is 0.0667. The first-order valence-corrected chi connectivity index (χ1v) is 5.68. The summed E-state index contributed by atoms with van der Waals surface area (Å²) in [6.45, 7) is 3.08. The molecule has 17 heavy (non-hydrogen) atoms. The van der Waals surface area contributed by atoms with Crippen molar-refractivity contribution in [2.45, 2.75) is 13.3 Å². The number of hydrogen-bond donors (Lipinski definition) is 1. The zero-order valence-corrected chi connectivity index (χ0v) is 10.1. The van der Waals surface area contributed by atoms with Crippen molar-refractivity contribution in [1.82, 2.24) is 0 Å². The lowest BCUT2D eigenvalue weighted by Crippen LogP contribution is -2.31. The molecule has 0 radical (unpaired) electrons. The normalized spacial score (nSPS) is 23.8. The van der Waals surface area contributed by atoms with Gasteiger partial charge in [-0.15, -0.1) is 0 Å². The summed E-state index contributed by atoms with van der Waals surface area (Å²) in [5.41, 5.74) is 0.320. The molecule has 0 amide bonds. The lowest BCUT2D eigenvalue weighted by Gasteiger charge is -2.23. The summed E-state index contributed by atoms with van der Waals surface area (Å²) in [4.78, 5) is 13.3. The molecule has 0 spiro atoms. The highest BCUT2D eigenvalue weighted by molar-refractivity contribution is 5.76. The average molecular weight is 235 g/mol. The number of rotatable bonds is 3. The molecule has 1 heterocycles. The van der Waals surface area contributed by atoms with Gasteiger partial charge >= 0.3 is 5.97 Å². The van der Waals surface area contributed by atoms with Crippen LogP contribution in [0.15, 0.2) is 24.3 Å². The van der Waals surface area contributed by atoms with E-state index in [1.165, 1.54) is 0 Å². The number of carboxylic acid groups (broad SMARTS) is 1. The van der Waals surface area contributed by atoms with Crippen molar-refractivity contribution in [3.05, 3.63) is 24.3 Å². The standard InChI is InChI=1S/C13H17NO3/c1-13(12(15)16)7-8-14(9-13)10-5-3-4-6-11(10)17-2/h3-6H,7-9H2,1-2H3,(H,15,16). The first-order valence-electron chi connectivity index (χ1n) is 5.68. The largest absolute Gasteiger partial charge is 0.495 e. The number of carbonyl (C=O) groups is 1. The number of carboxylic acids is 1. The zero-order chi connectivity index (χ0) is 12.5. The van der Waals surface area contributed by atoms with Gasteiger partial charge in [0.2, 0.25) is 0 Å². The Kier molecular flexibility index (Phi) is 2.96. The maximum absolute atomic E-state index is 11.2. The Morgan fingerprint density at radius 3 is 2.76 bits per heavy atom. The van der Waals surface area contributed by atoms with Crippen molar-refractivity contribution in [3.8, 4) is 5.75 Å². The maximum atomic E-state index is 11.2. The van der Waals surface area contributed by atoms with Crippen LogP contribution in [0.3, 0.4) is 0 Å². The van der Waals surface area contributed by atoms with Crippen LogP contribution in [-0.2, 0) is 4.79 Å². The number of ether oxygens (including phenoxy) is 1. The molecular formula is C13H17NO3. The van der Waals surface area contributed by atoms with Gasteiger partial charge in [0.05, 0.1) is 18.2 Å². The van der Waals surface area contributed by atoms with Gasteiger partial charge in [-0.05, 0) is 25.5 Å². The van der Waals surface area contributed by atoms with Crippen LogP contribution in [0.2, 0.25) is 0 Å². The Labute approximate surface area is 101 Å². The molecule has 1 saturated heterocycles. The van der Waals surface area contributed by atoms with Crippen molar-refractivity contribution in [2.75, 3.05) is 25.1 Å². The fourth-order valence-electron chi connectivity index (χ4n) is 2.23. The Balaban J connectivity index is 2.23. The van der Waals surface area contributed by atoms with Crippen LogP contribution in [0.1, 0.15) is 13.3 Å². The molecule has 1 aromatic rings. The summed E-state index contributed by atoms with van der Waals surface area (Å²) in [6, 6.07) is 7.71. The summed E-state index contributed by atoms with van der Waals surface area (Å²) in [6.07, 6.45) is 0.667. The number of para-hydroxylation sites is 2. The van der Waals surface area contributed by atoms with Crippen LogP contribution in [0.25, 0.3) is 0 Å². The third-order valence-electron chi connectivity index (χ3n) is 3.42. The lowest BCUT2D eigenvalue weighted by atomic mass is 9.90. The molecule has 1 aliphatic rings. The van der Waals surface area contributed by atoms with E-state index in [-0.39, 0.29) is 0 Å². The van der Waals surface area contributed by atoms with Crippen LogP contribution in [0, 0.1) is 5.41 Å². The fourth-order valence-corrected chi connectivity index (χ4v) is 2.23. The molecule has 1 unspecified atom stereocenters. The number of methoxy groups -OCH3 is 1. The van der Waals surface area contributed by atoms with Gasteiger partial charge in [0.15, 0.2) is 0 Å². The van der Waals surface area contributed by atoms with Gasteiger partial charge < -0.3 is 14.7 Å². The van der Waals surface area contributed by atoms with E-state index in [0.717, 1.165) is 18.0 Å². The SMILES string of the molecule is COc1ccccc1N1CCC(C)(C(=O)O)C1. The second-order valence-electron chi connectivity index (χ2n) is 4.71. The van der Waals surface area contributed by atoms with E-state index in [9.17, 15) is 9.90 Å². The van der Waals surface area contributed by atoms with E-state index in [4.69, 9.17) is 4.74 Å². The third-order valence-corrected chi connectivity index (χ3v) is 3.42. The highest BCUT2D eigenvalue weighted by atomic mass is 16.5. The van der Waals surface area contributed by atoms with Crippen molar-refractivity contribution in [2.24, 2.45) is 5.41 Å². The van der Waals surface area contributed by atoms with Crippen LogP contribution >= 0.6 is 0 Å². The number of benzene rings is 1. The summed E-state index contributed by atoms with van der Waals surface area (Å²) >= 11 is 0. The van der Waals surface area contributed by atoms with Crippen molar-refractivity contribution in [3.63, 3.8) is 0 Å². The molecule has 92 valence electrons. The molecule has 0 bridgehead atoms. The van der Waals surface area contributed by atoms with Gasteiger partial charge in [-0.25, -0.2) is 0 Å². The van der Waals surface area contributed by atoms with Gasteiger partial charge in [-0.3, -0.25) is 4.79 Å². The number of anilines is 1. The Morgan fingerprint density at radius 1 is 1.47 bits per heavy atom. The molecule has 2 rings (SSSR count). The van der Waals surface area contributed by atoms with E-state index in [0.29, 0.717) is 13.0 Å². The first-order chi connectivity index (χ1) is 8.07. The molecule has 0 saturated carbocycles. The van der Waals surface area contributed by atoms with Crippen molar-refractivity contribution in [1.29, 1.82) is 0 Å². The van der Waals surface area contributed by atoms with Crippen LogP contribution in [-0.4, -0.2) is 31.3 Å². The molecular weight excluding hydrogens is 218 g/mol. The minimum absolute atomic E-state index is 0.530. The molecule has 4 nitrogen and oxygen atoms in total. The smallest absolute Gasteiger partial charge is 0.311 e. The van der Waals surface area contributed by atoms with Crippen molar-refractivity contribution < 1.29 is 14.6 Å². The number of hydrogen-bond acceptors (Lipinski definition) is 3. The molecule has 1 N–H and O–H groups in total. The van der Waals surface area contributed by atoms with Crippen LogP contribution in [0.5, 0.6) is 5.75 Å². The van der Waals surface area contributed by atoms with Gasteiger partial charge in [-0.1, -0.05) is 12.1 Å². The van der Waals surface area contributed by atoms with Gasteiger partial charge in [-0.2, -0.15) is 0 Å². The molecule has 0 aromatic heterocycles. The van der Waals surface area contributed by atoms with Crippen molar-refractivity contribution >= 4 is 11.7 Å². The zero-order valence-electron chi connectivity index (χ0n) is 10.1. The fraction of sp³-hybridized carbons (Fsp3) is 0.462. The predicted octanol–water partition coefficient (Wildman–Crippen LogP) is 2.00. The molecule has 1 fully saturated rings. The van der Waals surface area contributed by atoms with E-state index < -0.39 is 11.4 Å². The van der Waals surface area contributed by atoms with Gasteiger partial charge in [0.25, 0.3) is 0 Å². The number of nitrogens with zero attached hydrogens (tertiary/aromatic N) is 1. The van der Waals surface area contributed by atoms with Gasteiger partial charge in [0, 0.05) is 13.1 Å². The molecule has 1 atom stereocenters. The minimum atomic E-state index is -0.727. The van der Waals surface area contributed by atoms with E-state index >= 15 is 0 Å². The van der Waals surface area contributed by atoms with Crippen LogP contribution in [0.4, 0.5) is 5.69 Å². The minimum Gasteiger partial charge on any atom is -0.495 e. The predicted molar refractivity (Wildman–Crippen MR) is 65.6 cm³/mol. The first kappa shape index (κ1) is 11.8. The number of aliphatic carboxylic acids is 1. The van der Waals surface area contributed by atoms with E-state index in [1.54, 1.807) is 14.0 Å². The molecule has 1 aliphatic heterocycles. The highest BCUT2D eigenvalue weighted by Gasteiger charge is 2.41. The second-order valence-corrected chi connectivity index (χ2v) is 4.71. The quantitative estimate of drug-likeness (QED) is 0.870. The highest BCUT2D eigenvalue weighted by Crippen LogP contribution is 2.37. The molecule has 0 aliphatic carbocycles. The lowest BCUT2D eigenvalue weighted by molar-refractivity contribution is -0.146. The molecule has 1 aromatic carbocycles. The average Bonchev–Trinajstić information content (AvgIpc) is 2.73. The van der Waals surface area contributed by atoms with Crippen LogP contribution < -0.4 is 9.64 Å².